The van der Waals surface area contributed by atoms with Gasteiger partial charge in [-0.25, -0.2) is 3.97 Å². The fourth-order valence-electron chi connectivity index (χ4n) is 0.553. The van der Waals surface area contributed by atoms with Crippen LogP contribution in [0.15, 0.2) is 29.3 Å². The topological polar surface area (TPSA) is 76.4 Å². The second-order valence-corrected chi connectivity index (χ2v) is 3.16. The van der Waals surface area contributed by atoms with Crippen LogP contribution in [0, 0.1) is 0 Å². The third-order valence-corrected chi connectivity index (χ3v) is 1.81. The maximum atomic E-state index is 10.5. The maximum Gasteiger partial charge on any atom is 0.363 e. The van der Waals surface area contributed by atoms with E-state index in [1.54, 1.807) is 0 Å². The molecule has 1 aromatic heterocycles. The van der Waals surface area contributed by atoms with Crippen LogP contribution in [-0.2, 0) is 10.3 Å². The Balaban J connectivity index is 3.31. The highest BCUT2D eigenvalue weighted by atomic mass is 32.2. The molecule has 0 radical (unpaired) electrons. The van der Waals surface area contributed by atoms with E-state index < -0.39 is 10.3 Å². The van der Waals surface area contributed by atoms with Crippen molar-refractivity contribution in [2.24, 2.45) is 0 Å². The summed E-state index contributed by atoms with van der Waals surface area (Å²) < 4.78 is 29.7. The van der Waals surface area contributed by atoms with E-state index in [1.165, 1.54) is 0 Å². The summed E-state index contributed by atoms with van der Waals surface area (Å²) in [6, 6.07) is 2.07. The zero-order valence-electron chi connectivity index (χ0n) is 5.34. The molecule has 0 fully saturated rings. The van der Waals surface area contributed by atoms with Crippen molar-refractivity contribution in [1.29, 1.82) is 0 Å². The summed E-state index contributed by atoms with van der Waals surface area (Å²) in [7, 11) is -4.24. The minimum absolute atomic E-state index is 0.315. The Morgan fingerprint density at radius 3 is 2.09 bits per heavy atom. The summed E-state index contributed by atoms with van der Waals surface area (Å²) in [5, 5.41) is 0. The second-order valence-electron chi connectivity index (χ2n) is 1.84. The third-order valence-electron chi connectivity index (χ3n) is 1.04. The maximum absolute atomic E-state index is 10.5. The number of nitrogens with zero attached hydrogens (tertiary/aromatic N) is 1. The monoisotopic (exact) mass is 175 g/mol. The Labute approximate surface area is 62.8 Å². The lowest BCUT2D eigenvalue weighted by atomic mass is 10.5. The first-order valence-corrected chi connectivity index (χ1v) is 4.06. The largest absolute Gasteiger partial charge is 0.363 e. The predicted octanol–water partition coefficient (Wildman–Crippen LogP) is -0.501. The summed E-state index contributed by atoms with van der Waals surface area (Å²) in [4.78, 5) is 10.5. The highest BCUT2D eigenvalue weighted by molar-refractivity contribution is 7.84. The van der Waals surface area contributed by atoms with E-state index in [-0.39, 0.29) is 5.43 Å². The molecule has 0 bridgehead atoms. The van der Waals surface area contributed by atoms with Gasteiger partial charge in [0, 0.05) is 24.5 Å². The van der Waals surface area contributed by atoms with Crippen molar-refractivity contribution in [2.75, 3.05) is 0 Å². The standard InChI is InChI=1S/C5H5NO4S/c7-5-1-3-6(4-2-5)11(8,9)10/h1-4H,(H,8,9,10). The van der Waals surface area contributed by atoms with Crippen LogP contribution < -0.4 is 5.43 Å². The zero-order valence-corrected chi connectivity index (χ0v) is 6.15. The summed E-state index contributed by atoms with van der Waals surface area (Å²) >= 11 is 0. The van der Waals surface area contributed by atoms with Gasteiger partial charge in [-0.1, -0.05) is 0 Å². The summed E-state index contributed by atoms with van der Waals surface area (Å²) in [6.07, 6.45) is 1.94. The van der Waals surface area contributed by atoms with Gasteiger partial charge >= 0.3 is 10.3 Å². The molecule has 0 atom stereocenters. The third kappa shape index (κ3) is 1.89. The van der Waals surface area contributed by atoms with E-state index in [1.807, 2.05) is 0 Å². The van der Waals surface area contributed by atoms with Crippen LogP contribution in [-0.4, -0.2) is 16.9 Å². The molecular formula is C5H5NO4S. The molecule has 0 saturated heterocycles. The van der Waals surface area contributed by atoms with Crippen molar-refractivity contribution >= 4 is 10.3 Å². The van der Waals surface area contributed by atoms with Crippen molar-refractivity contribution in [3.05, 3.63) is 34.7 Å². The molecule has 60 valence electrons. The first-order chi connectivity index (χ1) is 5.00. The van der Waals surface area contributed by atoms with Crippen LogP contribution in [0.25, 0.3) is 0 Å². The van der Waals surface area contributed by atoms with Gasteiger partial charge in [-0.2, -0.15) is 8.42 Å². The lowest BCUT2D eigenvalue weighted by Crippen LogP contribution is -2.12. The average Bonchev–Trinajstić information content (AvgIpc) is 1.86. The fraction of sp³-hybridized carbons (Fsp3) is 0. The normalized spacial score (nSPS) is 11.4. The van der Waals surface area contributed by atoms with E-state index in [4.69, 9.17) is 4.55 Å². The van der Waals surface area contributed by atoms with Crippen molar-refractivity contribution in [3.63, 3.8) is 0 Å². The highest BCUT2D eigenvalue weighted by Gasteiger charge is 2.02. The Kier molecular flexibility index (Phi) is 1.79. The van der Waals surface area contributed by atoms with Gasteiger partial charge in [0.2, 0.25) is 0 Å². The molecule has 0 unspecified atom stereocenters. The minimum Gasteiger partial charge on any atom is -0.290 e. The van der Waals surface area contributed by atoms with Crippen molar-refractivity contribution in [2.45, 2.75) is 0 Å². The van der Waals surface area contributed by atoms with E-state index in [2.05, 4.69) is 0 Å². The number of hydrogen-bond donors (Lipinski definition) is 1. The van der Waals surface area contributed by atoms with Crippen molar-refractivity contribution in [3.8, 4) is 0 Å². The molecule has 1 N–H and O–H groups in total. The molecule has 0 aromatic carbocycles. The number of rotatable bonds is 1. The van der Waals surface area contributed by atoms with Crippen LogP contribution in [0.2, 0.25) is 0 Å². The Hall–Kier alpha value is -1.14. The van der Waals surface area contributed by atoms with Gasteiger partial charge in [0.15, 0.2) is 5.43 Å². The molecule has 11 heavy (non-hydrogen) atoms. The Bertz CT molecular complexity index is 384. The molecule has 6 heteroatoms. The summed E-state index contributed by atoms with van der Waals surface area (Å²) in [5.41, 5.74) is -0.315. The summed E-state index contributed by atoms with van der Waals surface area (Å²) in [6.45, 7) is 0. The van der Waals surface area contributed by atoms with Gasteiger partial charge in [-0.15, -0.1) is 0 Å². The Morgan fingerprint density at radius 1 is 1.27 bits per heavy atom. The van der Waals surface area contributed by atoms with Crippen LogP contribution in [0.5, 0.6) is 0 Å². The van der Waals surface area contributed by atoms with Gasteiger partial charge in [0.1, 0.15) is 0 Å². The molecule has 0 saturated carbocycles. The second kappa shape index (κ2) is 2.48. The van der Waals surface area contributed by atoms with Crippen LogP contribution in [0.1, 0.15) is 0 Å². The van der Waals surface area contributed by atoms with Gasteiger partial charge < -0.3 is 0 Å². The first-order valence-electron chi connectivity index (χ1n) is 2.66. The SMILES string of the molecule is O=c1ccn(S(=O)(=O)O)cc1. The molecule has 1 aromatic rings. The van der Waals surface area contributed by atoms with E-state index in [0.29, 0.717) is 3.97 Å². The van der Waals surface area contributed by atoms with E-state index in [0.717, 1.165) is 24.5 Å². The van der Waals surface area contributed by atoms with Crippen LogP contribution in [0.3, 0.4) is 0 Å². The zero-order chi connectivity index (χ0) is 8.48. The van der Waals surface area contributed by atoms with E-state index >= 15 is 0 Å². The molecule has 0 aliphatic rings. The highest BCUT2D eigenvalue weighted by Crippen LogP contribution is 1.88. The minimum atomic E-state index is -4.24. The Morgan fingerprint density at radius 2 is 1.73 bits per heavy atom. The molecule has 0 aliphatic heterocycles. The molecule has 0 aliphatic carbocycles. The average molecular weight is 175 g/mol. The van der Waals surface area contributed by atoms with Gasteiger partial charge in [-0.05, 0) is 0 Å². The molecule has 1 rings (SSSR count). The predicted molar refractivity (Wildman–Crippen MR) is 37.6 cm³/mol. The van der Waals surface area contributed by atoms with Gasteiger partial charge in [0.25, 0.3) is 0 Å². The molecule has 0 spiro atoms. The molecule has 0 amide bonds. The van der Waals surface area contributed by atoms with Crippen molar-refractivity contribution < 1.29 is 13.0 Å². The smallest absolute Gasteiger partial charge is 0.290 e. The molecule has 1 heterocycles. The summed E-state index contributed by atoms with van der Waals surface area (Å²) in [5.74, 6) is 0. The van der Waals surface area contributed by atoms with Crippen molar-refractivity contribution in [1.82, 2.24) is 3.97 Å². The fourth-order valence-corrected chi connectivity index (χ4v) is 0.982. The molecule has 5 nitrogen and oxygen atoms in total. The van der Waals surface area contributed by atoms with Gasteiger partial charge in [0.05, 0.1) is 0 Å². The van der Waals surface area contributed by atoms with Gasteiger partial charge in [-0.3, -0.25) is 9.35 Å². The molecular weight excluding hydrogens is 170 g/mol. The van der Waals surface area contributed by atoms with Crippen LogP contribution in [0.4, 0.5) is 0 Å². The first kappa shape index (κ1) is 7.96. The quantitative estimate of drug-likeness (QED) is 0.584. The number of aromatic nitrogens is 1. The number of hydrogen-bond acceptors (Lipinski definition) is 3. The van der Waals surface area contributed by atoms with E-state index in [9.17, 15) is 13.2 Å². The number of pyridine rings is 1. The lowest BCUT2D eigenvalue weighted by molar-refractivity contribution is 0.472. The lowest BCUT2D eigenvalue weighted by Gasteiger charge is -1.97. The van der Waals surface area contributed by atoms with Crippen LogP contribution >= 0.6 is 0 Å².